The fraction of sp³-hybridized carbons (Fsp3) is 0.267. The van der Waals surface area contributed by atoms with Gasteiger partial charge in [0.15, 0.2) is 5.78 Å². The molecule has 0 heterocycles. The zero-order valence-corrected chi connectivity index (χ0v) is 9.79. The van der Waals surface area contributed by atoms with Crippen LogP contribution in [0.1, 0.15) is 36.2 Å². The highest BCUT2D eigenvalue weighted by atomic mass is 16.1. The van der Waals surface area contributed by atoms with Crippen molar-refractivity contribution in [3.05, 3.63) is 47.5 Å². The molecular formula is C15H16O. The van der Waals surface area contributed by atoms with Gasteiger partial charge in [0.2, 0.25) is 0 Å². The summed E-state index contributed by atoms with van der Waals surface area (Å²) in [6.07, 6.45) is 2.28. The zero-order chi connectivity index (χ0) is 11.5. The Bertz CT molecular complexity index is 526. The van der Waals surface area contributed by atoms with Crippen molar-refractivity contribution in [2.75, 3.05) is 0 Å². The van der Waals surface area contributed by atoms with Crippen LogP contribution in [0.3, 0.4) is 0 Å². The predicted molar refractivity (Wildman–Crippen MR) is 67.9 cm³/mol. The Balaban J connectivity index is 2.48. The van der Waals surface area contributed by atoms with Crippen molar-refractivity contribution < 1.29 is 4.79 Å². The lowest BCUT2D eigenvalue weighted by Gasteiger charge is -2.03. The molecule has 0 aliphatic rings. The van der Waals surface area contributed by atoms with Crippen LogP contribution in [0.4, 0.5) is 0 Å². The van der Waals surface area contributed by atoms with Crippen LogP contribution < -0.4 is 0 Å². The minimum atomic E-state index is 0.125. The lowest BCUT2D eigenvalue weighted by atomic mass is 10.0. The number of ketones is 1. The molecule has 0 amide bonds. The first-order valence-electron chi connectivity index (χ1n) is 5.74. The monoisotopic (exact) mass is 212 g/mol. The number of Topliss-reactive ketones (excluding diaryl/α,β-unsaturated/α-hetero) is 1. The van der Waals surface area contributed by atoms with Crippen LogP contribution in [0.15, 0.2) is 36.4 Å². The zero-order valence-electron chi connectivity index (χ0n) is 9.79. The second-order valence-corrected chi connectivity index (χ2v) is 4.20. The highest BCUT2D eigenvalue weighted by molar-refractivity contribution is 5.98. The number of benzene rings is 2. The van der Waals surface area contributed by atoms with E-state index in [0.29, 0.717) is 0 Å². The second kappa shape index (κ2) is 4.48. The first kappa shape index (κ1) is 10.9. The molecule has 0 spiro atoms. The van der Waals surface area contributed by atoms with E-state index in [0.717, 1.165) is 23.8 Å². The van der Waals surface area contributed by atoms with Crippen LogP contribution in [0.2, 0.25) is 0 Å². The minimum absolute atomic E-state index is 0.125. The van der Waals surface area contributed by atoms with Crippen molar-refractivity contribution in [3.63, 3.8) is 0 Å². The largest absolute Gasteiger partial charge is 0.295 e. The summed E-state index contributed by atoms with van der Waals surface area (Å²) >= 11 is 0. The summed E-state index contributed by atoms with van der Waals surface area (Å²) in [6.45, 7) is 3.79. The molecule has 1 heteroatoms. The van der Waals surface area contributed by atoms with Crippen molar-refractivity contribution in [2.45, 2.75) is 26.7 Å². The molecule has 0 N–H and O–H groups in total. The summed E-state index contributed by atoms with van der Waals surface area (Å²) < 4.78 is 0. The number of carbonyl (C=O) groups is 1. The van der Waals surface area contributed by atoms with Gasteiger partial charge in [-0.1, -0.05) is 43.7 Å². The third kappa shape index (κ3) is 2.13. The summed E-state index contributed by atoms with van der Waals surface area (Å²) in [5.41, 5.74) is 2.15. The van der Waals surface area contributed by atoms with Crippen molar-refractivity contribution in [1.82, 2.24) is 0 Å². The molecule has 82 valence electrons. The van der Waals surface area contributed by atoms with Crippen LogP contribution >= 0.6 is 0 Å². The maximum Gasteiger partial charge on any atom is 0.159 e. The van der Waals surface area contributed by atoms with Crippen molar-refractivity contribution in [2.24, 2.45) is 0 Å². The lowest BCUT2D eigenvalue weighted by Crippen LogP contribution is -1.91. The molecule has 0 fully saturated rings. The highest BCUT2D eigenvalue weighted by Crippen LogP contribution is 2.19. The van der Waals surface area contributed by atoms with Gasteiger partial charge in [-0.15, -0.1) is 0 Å². The van der Waals surface area contributed by atoms with Crippen molar-refractivity contribution in [3.8, 4) is 0 Å². The van der Waals surface area contributed by atoms with Gasteiger partial charge < -0.3 is 0 Å². The minimum Gasteiger partial charge on any atom is -0.295 e. The molecule has 2 aromatic rings. The standard InChI is InChI=1S/C15H16O/c1-3-4-12-5-6-15-10-13(11(2)16)7-8-14(15)9-12/h5-10H,3-4H2,1-2H3. The molecule has 0 aromatic heterocycles. The molecule has 0 aliphatic heterocycles. The fourth-order valence-electron chi connectivity index (χ4n) is 1.96. The maximum absolute atomic E-state index is 11.3. The van der Waals surface area contributed by atoms with Crippen molar-refractivity contribution >= 4 is 16.6 Å². The molecule has 2 rings (SSSR count). The maximum atomic E-state index is 11.3. The van der Waals surface area contributed by atoms with Gasteiger partial charge in [-0.3, -0.25) is 4.79 Å². The van der Waals surface area contributed by atoms with Gasteiger partial charge in [0.25, 0.3) is 0 Å². The molecule has 0 unspecified atom stereocenters. The van der Waals surface area contributed by atoms with Crippen LogP contribution in [0.5, 0.6) is 0 Å². The molecule has 0 aliphatic carbocycles. The molecule has 0 atom stereocenters. The SMILES string of the molecule is CCCc1ccc2cc(C(C)=O)ccc2c1. The third-order valence-corrected chi connectivity index (χ3v) is 2.85. The van der Waals surface area contributed by atoms with Crippen LogP contribution in [-0.4, -0.2) is 5.78 Å². The van der Waals surface area contributed by atoms with Gasteiger partial charge in [0.1, 0.15) is 0 Å². The van der Waals surface area contributed by atoms with E-state index < -0.39 is 0 Å². The topological polar surface area (TPSA) is 17.1 Å². The van der Waals surface area contributed by atoms with E-state index >= 15 is 0 Å². The Kier molecular flexibility index (Phi) is 3.04. The van der Waals surface area contributed by atoms with Gasteiger partial charge in [-0.2, -0.15) is 0 Å². The second-order valence-electron chi connectivity index (χ2n) is 4.20. The van der Waals surface area contributed by atoms with E-state index in [4.69, 9.17) is 0 Å². The lowest BCUT2D eigenvalue weighted by molar-refractivity contribution is 0.101. The van der Waals surface area contributed by atoms with Gasteiger partial charge in [0.05, 0.1) is 0 Å². The Morgan fingerprint density at radius 1 is 1.06 bits per heavy atom. The van der Waals surface area contributed by atoms with Gasteiger partial charge in [-0.25, -0.2) is 0 Å². The Morgan fingerprint density at radius 3 is 2.44 bits per heavy atom. The molecule has 0 radical (unpaired) electrons. The number of rotatable bonds is 3. The fourth-order valence-corrected chi connectivity index (χ4v) is 1.96. The number of fused-ring (bicyclic) bond motifs is 1. The number of hydrogen-bond acceptors (Lipinski definition) is 1. The highest BCUT2D eigenvalue weighted by Gasteiger charge is 2.01. The third-order valence-electron chi connectivity index (χ3n) is 2.85. The Labute approximate surface area is 96.1 Å². The van der Waals surface area contributed by atoms with E-state index in [1.807, 2.05) is 18.2 Å². The first-order valence-corrected chi connectivity index (χ1v) is 5.74. The summed E-state index contributed by atoms with van der Waals surface area (Å²) in [6, 6.07) is 12.4. The molecule has 2 aromatic carbocycles. The average Bonchev–Trinajstić information content (AvgIpc) is 2.28. The number of carbonyl (C=O) groups excluding carboxylic acids is 1. The van der Waals surface area contributed by atoms with E-state index in [1.165, 1.54) is 10.9 Å². The van der Waals surface area contributed by atoms with Gasteiger partial charge in [-0.05, 0) is 35.7 Å². The molecule has 0 saturated heterocycles. The van der Waals surface area contributed by atoms with E-state index in [2.05, 4.69) is 25.1 Å². The summed E-state index contributed by atoms with van der Waals surface area (Å²) in [7, 11) is 0. The molecule has 0 saturated carbocycles. The molecular weight excluding hydrogens is 196 g/mol. The van der Waals surface area contributed by atoms with E-state index in [-0.39, 0.29) is 5.78 Å². The summed E-state index contributed by atoms with van der Waals surface area (Å²) in [5.74, 6) is 0.125. The van der Waals surface area contributed by atoms with Gasteiger partial charge >= 0.3 is 0 Å². The van der Waals surface area contributed by atoms with Crippen molar-refractivity contribution in [1.29, 1.82) is 0 Å². The van der Waals surface area contributed by atoms with E-state index in [9.17, 15) is 4.79 Å². The number of aryl methyl sites for hydroxylation is 1. The molecule has 1 nitrogen and oxygen atoms in total. The normalized spacial score (nSPS) is 10.6. The van der Waals surface area contributed by atoms with Gasteiger partial charge in [0, 0.05) is 5.56 Å². The number of hydrogen-bond donors (Lipinski definition) is 0. The Hall–Kier alpha value is -1.63. The summed E-state index contributed by atoms with van der Waals surface area (Å²) in [4.78, 5) is 11.3. The molecule has 0 bridgehead atoms. The quantitative estimate of drug-likeness (QED) is 0.703. The smallest absolute Gasteiger partial charge is 0.159 e. The van der Waals surface area contributed by atoms with Crippen LogP contribution in [0, 0.1) is 0 Å². The Morgan fingerprint density at radius 2 is 1.75 bits per heavy atom. The van der Waals surface area contributed by atoms with Crippen LogP contribution in [-0.2, 0) is 6.42 Å². The predicted octanol–water partition coefficient (Wildman–Crippen LogP) is 3.99. The van der Waals surface area contributed by atoms with E-state index in [1.54, 1.807) is 6.92 Å². The molecule has 16 heavy (non-hydrogen) atoms. The first-order chi connectivity index (χ1) is 7.70. The summed E-state index contributed by atoms with van der Waals surface area (Å²) in [5, 5.41) is 2.36. The van der Waals surface area contributed by atoms with Crippen LogP contribution in [0.25, 0.3) is 10.8 Å². The average molecular weight is 212 g/mol.